The van der Waals surface area contributed by atoms with E-state index in [-0.39, 0.29) is 12.5 Å². The van der Waals surface area contributed by atoms with Crippen molar-refractivity contribution >= 4 is 12.0 Å². The lowest BCUT2D eigenvalue weighted by Crippen LogP contribution is -2.26. The summed E-state index contributed by atoms with van der Waals surface area (Å²) in [5, 5.41) is 12.5. The molecule has 3 aromatic rings. The van der Waals surface area contributed by atoms with Gasteiger partial charge in [-0.1, -0.05) is 12.1 Å². The van der Waals surface area contributed by atoms with Crippen LogP contribution in [-0.4, -0.2) is 27.1 Å². The number of nitrogens with zero attached hydrogens (tertiary/aromatic N) is 2. The highest BCUT2D eigenvalue weighted by Crippen LogP contribution is 2.12. The molecule has 24 heavy (non-hydrogen) atoms. The summed E-state index contributed by atoms with van der Waals surface area (Å²) in [5.41, 5.74) is 1.90. The lowest BCUT2D eigenvalue weighted by Gasteiger charge is -2.07. The molecule has 2 aromatic heterocycles. The number of carbonyl (C=O) groups is 1. The second-order valence-electron chi connectivity index (χ2n) is 5.17. The van der Waals surface area contributed by atoms with Crippen LogP contribution in [-0.2, 0) is 4.79 Å². The first-order valence-corrected chi connectivity index (χ1v) is 7.48. The molecule has 0 spiro atoms. The highest BCUT2D eigenvalue weighted by molar-refractivity contribution is 5.91. The average molecular weight is 323 g/mol. The van der Waals surface area contributed by atoms with E-state index in [1.165, 1.54) is 12.3 Å². The number of rotatable bonds is 6. The molecular formula is C18H17N3O3. The smallest absolute Gasteiger partial charge is 0.244 e. The van der Waals surface area contributed by atoms with E-state index >= 15 is 0 Å². The number of aromatic nitrogens is 2. The fourth-order valence-corrected chi connectivity index (χ4v) is 2.18. The minimum Gasteiger partial charge on any atom is -0.467 e. The lowest BCUT2D eigenvalue weighted by molar-refractivity contribution is -0.116. The van der Waals surface area contributed by atoms with Gasteiger partial charge in [0, 0.05) is 24.2 Å². The van der Waals surface area contributed by atoms with Crippen LogP contribution >= 0.6 is 0 Å². The van der Waals surface area contributed by atoms with E-state index in [2.05, 4.69) is 10.3 Å². The van der Waals surface area contributed by atoms with Gasteiger partial charge in [-0.3, -0.25) is 4.79 Å². The summed E-state index contributed by atoms with van der Waals surface area (Å²) >= 11 is 0. The molecule has 0 radical (unpaired) electrons. The van der Waals surface area contributed by atoms with Gasteiger partial charge in [-0.15, -0.1) is 0 Å². The molecule has 1 atom stereocenters. The van der Waals surface area contributed by atoms with Gasteiger partial charge in [0.25, 0.3) is 0 Å². The summed E-state index contributed by atoms with van der Waals surface area (Å²) in [6.07, 6.45) is 9.08. The number of aliphatic hydroxyl groups excluding tert-OH is 1. The van der Waals surface area contributed by atoms with Crippen LogP contribution in [0.3, 0.4) is 0 Å². The van der Waals surface area contributed by atoms with E-state index < -0.39 is 6.10 Å². The standard InChI is InChI=1S/C18H17N3O3/c22-16(17-2-1-11-24-17)12-20-18(23)8-5-14-3-6-15(7-4-14)21-10-9-19-13-21/h1-11,13,16,22H,12H2,(H,20,23)/b8-5+. The maximum absolute atomic E-state index is 11.8. The van der Waals surface area contributed by atoms with E-state index in [9.17, 15) is 9.90 Å². The molecule has 6 nitrogen and oxygen atoms in total. The second kappa shape index (κ2) is 7.43. The lowest BCUT2D eigenvalue weighted by atomic mass is 10.2. The van der Waals surface area contributed by atoms with Crippen LogP contribution in [0.5, 0.6) is 0 Å². The highest BCUT2D eigenvalue weighted by Gasteiger charge is 2.10. The van der Waals surface area contributed by atoms with Crippen LogP contribution in [0.15, 0.2) is 71.9 Å². The fraction of sp³-hybridized carbons (Fsp3) is 0.111. The number of nitrogens with one attached hydrogen (secondary N) is 1. The van der Waals surface area contributed by atoms with Gasteiger partial charge >= 0.3 is 0 Å². The molecule has 0 bridgehead atoms. The van der Waals surface area contributed by atoms with Crippen LogP contribution < -0.4 is 5.32 Å². The third-order valence-corrected chi connectivity index (χ3v) is 3.46. The molecule has 1 amide bonds. The first-order valence-electron chi connectivity index (χ1n) is 7.48. The van der Waals surface area contributed by atoms with Gasteiger partial charge in [0.05, 0.1) is 19.1 Å². The van der Waals surface area contributed by atoms with E-state index in [0.29, 0.717) is 5.76 Å². The quantitative estimate of drug-likeness (QED) is 0.682. The minimum atomic E-state index is -0.855. The SMILES string of the molecule is O=C(/C=C/c1ccc(-n2ccnc2)cc1)NCC(O)c1ccco1. The predicted octanol–water partition coefficient (Wildman–Crippen LogP) is 2.33. The number of furan rings is 1. The van der Waals surface area contributed by atoms with Crippen LogP contribution in [0.25, 0.3) is 11.8 Å². The van der Waals surface area contributed by atoms with Crippen molar-refractivity contribution in [2.75, 3.05) is 6.54 Å². The molecule has 2 N–H and O–H groups in total. The van der Waals surface area contributed by atoms with E-state index in [4.69, 9.17) is 4.42 Å². The average Bonchev–Trinajstić information content (AvgIpc) is 3.31. The van der Waals surface area contributed by atoms with Gasteiger partial charge < -0.3 is 19.4 Å². The summed E-state index contributed by atoms with van der Waals surface area (Å²) < 4.78 is 6.97. The number of benzene rings is 1. The number of carbonyl (C=O) groups excluding carboxylic acids is 1. The topological polar surface area (TPSA) is 80.3 Å². The molecule has 122 valence electrons. The Hall–Kier alpha value is -3.12. The maximum Gasteiger partial charge on any atom is 0.244 e. The van der Waals surface area contributed by atoms with Crippen molar-refractivity contribution in [3.05, 3.63) is 78.8 Å². The molecule has 6 heteroatoms. The van der Waals surface area contributed by atoms with E-state index in [1.54, 1.807) is 30.7 Å². The molecule has 0 saturated heterocycles. The van der Waals surface area contributed by atoms with Gasteiger partial charge in [-0.2, -0.15) is 0 Å². The molecule has 0 aliphatic rings. The summed E-state index contributed by atoms with van der Waals surface area (Å²) in [6.45, 7) is 0.0935. The molecule has 0 fully saturated rings. The zero-order valence-corrected chi connectivity index (χ0v) is 12.9. The van der Waals surface area contributed by atoms with Crippen LogP contribution in [0.1, 0.15) is 17.4 Å². The van der Waals surface area contributed by atoms with E-state index in [0.717, 1.165) is 11.3 Å². The monoisotopic (exact) mass is 323 g/mol. The second-order valence-corrected chi connectivity index (χ2v) is 5.17. The molecular weight excluding hydrogens is 306 g/mol. The first kappa shape index (κ1) is 15.8. The van der Waals surface area contributed by atoms with Gasteiger partial charge in [-0.05, 0) is 35.9 Å². The van der Waals surface area contributed by atoms with Crippen molar-refractivity contribution in [2.24, 2.45) is 0 Å². The van der Waals surface area contributed by atoms with Crippen molar-refractivity contribution in [1.29, 1.82) is 0 Å². The Bertz CT molecular complexity index is 791. The van der Waals surface area contributed by atoms with E-state index in [1.807, 2.05) is 35.0 Å². The first-order chi connectivity index (χ1) is 11.7. The Labute approximate surface area is 139 Å². The highest BCUT2D eigenvalue weighted by atomic mass is 16.4. The fourth-order valence-electron chi connectivity index (χ4n) is 2.18. The van der Waals surface area contributed by atoms with Crippen LogP contribution in [0, 0.1) is 0 Å². The Morgan fingerprint density at radius 3 is 2.83 bits per heavy atom. The zero-order chi connectivity index (χ0) is 16.8. The minimum absolute atomic E-state index is 0.0935. The van der Waals surface area contributed by atoms with Crippen LogP contribution in [0.2, 0.25) is 0 Å². The summed E-state index contributed by atoms with van der Waals surface area (Å²) in [6, 6.07) is 11.1. The molecule has 0 aliphatic heterocycles. The molecule has 0 aliphatic carbocycles. The Balaban J connectivity index is 1.52. The van der Waals surface area contributed by atoms with Gasteiger partial charge in [-0.25, -0.2) is 4.98 Å². The molecule has 1 aromatic carbocycles. The van der Waals surface area contributed by atoms with Gasteiger partial charge in [0.2, 0.25) is 5.91 Å². The molecule has 0 saturated carbocycles. The largest absolute Gasteiger partial charge is 0.467 e. The maximum atomic E-state index is 11.8. The molecule has 3 rings (SSSR count). The third-order valence-electron chi connectivity index (χ3n) is 3.46. The predicted molar refractivity (Wildman–Crippen MR) is 89.3 cm³/mol. The summed E-state index contributed by atoms with van der Waals surface area (Å²) in [7, 11) is 0. The normalized spacial score (nSPS) is 12.4. The van der Waals surface area contributed by atoms with Gasteiger partial charge in [0.1, 0.15) is 11.9 Å². The molecule has 2 heterocycles. The molecule has 1 unspecified atom stereocenters. The summed E-state index contributed by atoms with van der Waals surface area (Å²) in [4.78, 5) is 15.8. The number of hydrogen-bond acceptors (Lipinski definition) is 4. The van der Waals surface area contributed by atoms with Crippen molar-refractivity contribution in [1.82, 2.24) is 14.9 Å². The van der Waals surface area contributed by atoms with Crippen molar-refractivity contribution in [3.63, 3.8) is 0 Å². The Morgan fingerprint density at radius 2 is 2.17 bits per heavy atom. The van der Waals surface area contributed by atoms with Gasteiger partial charge in [0.15, 0.2) is 0 Å². The Kier molecular flexibility index (Phi) is 4.88. The number of imidazole rings is 1. The third kappa shape index (κ3) is 3.99. The van der Waals surface area contributed by atoms with Crippen molar-refractivity contribution in [3.8, 4) is 5.69 Å². The van der Waals surface area contributed by atoms with Crippen molar-refractivity contribution < 1.29 is 14.3 Å². The number of amides is 1. The zero-order valence-electron chi connectivity index (χ0n) is 12.9. The Morgan fingerprint density at radius 1 is 1.33 bits per heavy atom. The number of hydrogen-bond donors (Lipinski definition) is 2. The summed E-state index contributed by atoms with van der Waals surface area (Å²) in [5.74, 6) is 0.147. The van der Waals surface area contributed by atoms with Crippen LogP contribution in [0.4, 0.5) is 0 Å². The van der Waals surface area contributed by atoms with Crippen molar-refractivity contribution in [2.45, 2.75) is 6.10 Å². The number of aliphatic hydroxyl groups is 1.